The molecule has 1 aromatic rings. The van der Waals surface area contributed by atoms with Gasteiger partial charge in [-0.3, -0.25) is 5.32 Å². The van der Waals surface area contributed by atoms with Crippen LogP contribution in [-0.4, -0.2) is 27.5 Å². The van der Waals surface area contributed by atoms with Gasteiger partial charge in [-0.15, -0.1) is 0 Å². The van der Waals surface area contributed by atoms with Crippen LogP contribution < -0.4 is 5.32 Å². The van der Waals surface area contributed by atoms with E-state index in [0.717, 1.165) is 11.5 Å². The molecule has 7 heteroatoms. The lowest BCUT2D eigenvalue weighted by molar-refractivity contribution is 0.174. The number of hydrogen-bond donors (Lipinski definition) is 1. The van der Waals surface area contributed by atoms with Gasteiger partial charge in [0.1, 0.15) is 6.61 Å². The van der Waals surface area contributed by atoms with Crippen molar-refractivity contribution in [3.05, 3.63) is 12.7 Å². The zero-order valence-corrected chi connectivity index (χ0v) is 6.87. The van der Waals surface area contributed by atoms with Crippen molar-refractivity contribution < 1.29 is 9.53 Å². The van der Waals surface area contributed by atoms with Crippen molar-refractivity contribution in [2.45, 2.75) is 0 Å². The standard InChI is InChI=1S/C5H6N4O2S/c1-2-3-11-5(10)6-4-7-8-9-12-4/h2H,1,3H2,(H,6,7,9,10). The molecule has 0 unspecified atom stereocenters. The van der Waals surface area contributed by atoms with E-state index < -0.39 is 6.09 Å². The number of carbonyl (C=O) groups excluding carboxylic acids is 1. The first-order chi connectivity index (χ1) is 5.83. The van der Waals surface area contributed by atoms with E-state index in [1.165, 1.54) is 6.08 Å². The first-order valence-corrected chi connectivity index (χ1v) is 3.80. The predicted octanol–water partition coefficient (Wildman–Crippen LogP) is 0.668. The molecular formula is C5H6N4O2S. The average Bonchev–Trinajstić information content (AvgIpc) is 2.53. The second-order valence-corrected chi connectivity index (χ2v) is 2.41. The molecule has 0 spiro atoms. The maximum atomic E-state index is 10.8. The Labute approximate surface area is 72.4 Å². The third-order valence-corrected chi connectivity index (χ3v) is 1.35. The van der Waals surface area contributed by atoms with Gasteiger partial charge in [0.15, 0.2) is 0 Å². The molecule has 0 bridgehead atoms. The average molecular weight is 186 g/mol. The SMILES string of the molecule is C=CCOC(=O)Nc1nnns1. The van der Waals surface area contributed by atoms with Gasteiger partial charge >= 0.3 is 6.09 Å². The third kappa shape index (κ3) is 2.62. The molecule has 1 aromatic heterocycles. The predicted molar refractivity (Wildman–Crippen MR) is 42.9 cm³/mol. The summed E-state index contributed by atoms with van der Waals surface area (Å²) in [6, 6.07) is 0. The van der Waals surface area contributed by atoms with Gasteiger partial charge in [-0.1, -0.05) is 22.2 Å². The number of anilines is 1. The van der Waals surface area contributed by atoms with Crippen molar-refractivity contribution in [2.75, 3.05) is 11.9 Å². The summed E-state index contributed by atoms with van der Waals surface area (Å²) in [6.45, 7) is 3.55. The van der Waals surface area contributed by atoms with Crippen LogP contribution in [0.4, 0.5) is 9.93 Å². The molecule has 0 radical (unpaired) electrons. The fourth-order valence-corrected chi connectivity index (χ4v) is 0.792. The minimum absolute atomic E-state index is 0.165. The Morgan fingerprint density at radius 3 is 3.25 bits per heavy atom. The summed E-state index contributed by atoms with van der Waals surface area (Å²) in [5.41, 5.74) is 0. The number of hydrogen-bond acceptors (Lipinski definition) is 6. The highest BCUT2D eigenvalue weighted by atomic mass is 32.1. The molecule has 0 saturated carbocycles. The summed E-state index contributed by atoms with van der Waals surface area (Å²) in [4.78, 5) is 10.8. The molecular weight excluding hydrogens is 180 g/mol. The molecule has 0 atom stereocenters. The minimum Gasteiger partial charge on any atom is -0.445 e. The highest BCUT2D eigenvalue weighted by Crippen LogP contribution is 2.04. The monoisotopic (exact) mass is 186 g/mol. The number of aromatic nitrogens is 3. The molecule has 1 heterocycles. The van der Waals surface area contributed by atoms with Crippen molar-refractivity contribution in [3.8, 4) is 0 Å². The smallest absolute Gasteiger partial charge is 0.413 e. The van der Waals surface area contributed by atoms with Crippen LogP contribution in [0.15, 0.2) is 12.7 Å². The van der Waals surface area contributed by atoms with Crippen molar-refractivity contribution in [2.24, 2.45) is 0 Å². The Kier molecular flexibility index (Phi) is 3.15. The van der Waals surface area contributed by atoms with E-state index in [2.05, 4.69) is 31.4 Å². The van der Waals surface area contributed by atoms with E-state index in [4.69, 9.17) is 0 Å². The van der Waals surface area contributed by atoms with Crippen LogP contribution in [0.25, 0.3) is 0 Å². The van der Waals surface area contributed by atoms with Gasteiger partial charge in [0.05, 0.1) is 0 Å². The molecule has 0 aromatic carbocycles. The Hall–Kier alpha value is -1.50. The lowest BCUT2D eigenvalue weighted by Crippen LogP contribution is -2.13. The highest BCUT2D eigenvalue weighted by molar-refractivity contribution is 7.09. The molecule has 0 saturated heterocycles. The zero-order valence-electron chi connectivity index (χ0n) is 6.06. The Morgan fingerprint density at radius 1 is 1.83 bits per heavy atom. The highest BCUT2D eigenvalue weighted by Gasteiger charge is 2.04. The Morgan fingerprint density at radius 2 is 2.67 bits per heavy atom. The van der Waals surface area contributed by atoms with E-state index >= 15 is 0 Å². The molecule has 1 N–H and O–H groups in total. The Balaban J connectivity index is 2.32. The first kappa shape index (κ1) is 8.60. The van der Waals surface area contributed by atoms with Gasteiger partial charge in [-0.25, -0.2) is 4.79 Å². The normalized spacial score (nSPS) is 9.00. The molecule has 0 aliphatic carbocycles. The van der Waals surface area contributed by atoms with Gasteiger partial charge in [-0.2, -0.15) is 0 Å². The molecule has 0 fully saturated rings. The van der Waals surface area contributed by atoms with Crippen LogP contribution in [0.3, 0.4) is 0 Å². The maximum Gasteiger partial charge on any atom is 0.413 e. The van der Waals surface area contributed by atoms with Gasteiger partial charge < -0.3 is 4.74 Å². The largest absolute Gasteiger partial charge is 0.445 e. The maximum absolute atomic E-state index is 10.8. The molecule has 12 heavy (non-hydrogen) atoms. The summed E-state index contributed by atoms with van der Waals surface area (Å²) < 4.78 is 8.05. The third-order valence-electron chi connectivity index (χ3n) is 0.841. The Bertz CT molecular complexity index is 260. The summed E-state index contributed by atoms with van der Waals surface area (Å²) >= 11 is 0.975. The van der Waals surface area contributed by atoms with Crippen LogP contribution in [0.5, 0.6) is 0 Å². The topological polar surface area (TPSA) is 77.0 Å². The fourth-order valence-electron chi connectivity index (χ4n) is 0.440. The van der Waals surface area contributed by atoms with Gasteiger partial charge in [0.2, 0.25) is 5.13 Å². The first-order valence-electron chi connectivity index (χ1n) is 3.02. The van der Waals surface area contributed by atoms with E-state index in [-0.39, 0.29) is 6.61 Å². The number of ether oxygens (including phenoxy) is 1. The zero-order chi connectivity index (χ0) is 8.81. The summed E-state index contributed by atoms with van der Waals surface area (Å²) in [5, 5.41) is 9.41. The van der Waals surface area contributed by atoms with Gasteiger partial charge in [-0.05, 0) is 5.21 Å². The molecule has 0 aliphatic heterocycles. The summed E-state index contributed by atoms with van der Waals surface area (Å²) in [5.74, 6) is 0. The summed E-state index contributed by atoms with van der Waals surface area (Å²) in [6.07, 6.45) is 0.881. The number of carbonyl (C=O) groups is 1. The van der Waals surface area contributed by atoms with Crippen LogP contribution in [0.2, 0.25) is 0 Å². The van der Waals surface area contributed by atoms with E-state index in [1.807, 2.05) is 0 Å². The van der Waals surface area contributed by atoms with Crippen LogP contribution in [0.1, 0.15) is 0 Å². The second-order valence-electron chi connectivity index (χ2n) is 1.68. The lowest BCUT2D eigenvalue weighted by Gasteiger charge is -1.99. The van der Waals surface area contributed by atoms with Crippen LogP contribution in [0, 0.1) is 0 Å². The number of nitrogens with zero attached hydrogens (tertiary/aromatic N) is 3. The number of amides is 1. The molecule has 6 nitrogen and oxygen atoms in total. The number of rotatable bonds is 3. The molecule has 1 amide bonds. The van der Waals surface area contributed by atoms with Gasteiger partial charge in [0, 0.05) is 11.5 Å². The minimum atomic E-state index is -0.589. The van der Waals surface area contributed by atoms with Crippen LogP contribution >= 0.6 is 11.5 Å². The lowest BCUT2D eigenvalue weighted by atomic mass is 10.7. The number of nitrogens with one attached hydrogen (secondary N) is 1. The van der Waals surface area contributed by atoms with Crippen molar-refractivity contribution in [1.82, 2.24) is 14.8 Å². The van der Waals surface area contributed by atoms with Crippen molar-refractivity contribution in [1.29, 1.82) is 0 Å². The van der Waals surface area contributed by atoms with E-state index in [9.17, 15) is 4.79 Å². The second kappa shape index (κ2) is 4.39. The van der Waals surface area contributed by atoms with E-state index in [1.54, 1.807) is 0 Å². The van der Waals surface area contributed by atoms with Gasteiger partial charge in [0.25, 0.3) is 0 Å². The van der Waals surface area contributed by atoms with Crippen molar-refractivity contribution in [3.63, 3.8) is 0 Å². The summed E-state index contributed by atoms with van der Waals surface area (Å²) in [7, 11) is 0. The van der Waals surface area contributed by atoms with E-state index in [0.29, 0.717) is 5.13 Å². The molecule has 1 rings (SSSR count). The van der Waals surface area contributed by atoms with Crippen LogP contribution in [-0.2, 0) is 4.74 Å². The quantitative estimate of drug-likeness (QED) is 0.702. The molecule has 64 valence electrons. The van der Waals surface area contributed by atoms with Crippen molar-refractivity contribution >= 4 is 22.8 Å². The fraction of sp³-hybridized carbons (Fsp3) is 0.200. The molecule has 0 aliphatic rings.